The van der Waals surface area contributed by atoms with Crippen molar-refractivity contribution >= 4 is 10.0 Å². The monoisotopic (exact) mass is 246 g/mol. The van der Waals surface area contributed by atoms with Gasteiger partial charge in [-0.1, -0.05) is 0 Å². The highest BCUT2D eigenvalue weighted by molar-refractivity contribution is 7.89. The summed E-state index contributed by atoms with van der Waals surface area (Å²) in [6, 6.07) is 0. The highest BCUT2D eigenvalue weighted by Gasteiger charge is 2.60. The normalized spacial score (nSPS) is 13.9. The van der Waals surface area contributed by atoms with Gasteiger partial charge in [-0.3, -0.25) is 0 Å². The Kier molecular flexibility index (Phi) is 3.00. The summed E-state index contributed by atoms with van der Waals surface area (Å²) in [7, 11) is -6.82. The summed E-state index contributed by atoms with van der Waals surface area (Å²) in [5, 5.41) is 0.748. The lowest BCUT2D eigenvalue weighted by atomic mass is 11.2. The molecule has 12 heteroatoms. The van der Waals surface area contributed by atoms with Crippen LogP contribution >= 0.6 is 0 Å². The fourth-order valence-electron chi connectivity index (χ4n) is 0.324. The van der Waals surface area contributed by atoms with Gasteiger partial charge < -0.3 is 0 Å². The molecule has 0 aliphatic carbocycles. The third-order valence-electron chi connectivity index (χ3n) is 0.811. The molecule has 5 nitrogen and oxygen atoms in total. The van der Waals surface area contributed by atoms with Crippen molar-refractivity contribution in [1.82, 2.24) is 4.41 Å². The molecule has 0 saturated heterocycles. The molecule has 14 heavy (non-hydrogen) atoms. The molecule has 0 atom stereocenters. The van der Waals surface area contributed by atoms with Gasteiger partial charge in [0.15, 0.2) is 0 Å². The van der Waals surface area contributed by atoms with Crippen LogP contribution in [0.15, 0.2) is 5.29 Å². The average molecular weight is 246 g/mol. The third-order valence-corrected chi connectivity index (χ3v) is 2.13. The molecule has 84 valence electrons. The summed E-state index contributed by atoms with van der Waals surface area (Å²) < 4.78 is 86.4. The second-order valence-corrected chi connectivity index (χ2v) is 3.50. The summed E-state index contributed by atoms with van der Waals surface area (Å²) >= 11 is 0. The molecule has 0 aromatic heterocycles. The highest BCUT2D eigenvalue weighted by atomic mass is 32.2. The zero-order valence-electron chi connectivity index (χ0n) is 5.80. The van der Waals surface area contributed by atoms with Gasteiger partial charge in [0.25, 0.3) is 0 Å². The first-order valence-electron chi connectivity index (χ1n) is 2.46. The Morgan fingerprint density at radius 1 is 1.00 bits per heavy atom. The van der Waals surface area contributed by atoms with E-state index in [2.05, 4.69) is 0 Å². The van der Waals surface area contributed by atoms with Crippen molar-refractivity contribution < 1.29 is 34.8 Å². The first kappa shape index (κ1) is 12.9. The average Bonchev–Trinajstić information content (AvgIpc) is 1.80. The van der Waals surface area contributed by atoms with Crippen LogP contribution in [-0.2, 0) is 10.0 Å². The predicted octanol–water partition coefficient (Wildman–Crippen LogP) is 1.34. The minimum absolute atomic E-state index is 0.748. The summed E-state index contributed by atoms with van der Waals surface area (Å²) in [6.45, 7) is 0. The van der Waals surface area contributed by atoms with E-state index in [1.807, 2.05) is 0 Å². The van der Waals surface area contributed by atoms with E-state index in [0.717, 1.165) is 5.29 Å². The van der Waals surface area contributed by atoms with Crippen LogP contribution < -0.4 is 0 Å². The van der Waals surface area contributed by atoms with Crippen molar-refractivity contribution in [3.8, 4) is 0 Å². The summed E-state index contributed by atoms with van der Waals surface area (Å²) in [6.07, 6.45) is -6.05. The van der Waals surface area contributed by atoms with E-state index in [-0.39, 0.29) is 0 Å². The van der Waals surface area contributed by atoms with Crippen molar-refractivity contribution in [3.05, 3.63) is 4.91 Å². The van der Waals surface area contributed by atoms with Crippen molar-refractivity contribution in [1.29, 1.82) is 0 Å². The standard InChI is InChI=1S/C2F6N2O3S/c3-1(4,5)10(9-11)14(12,13)2(6,7)8. The predicted molar refractivity (Wildman–Crippen MR) is 28.7 cm³/mol. The van der Waals surface area contributed by atoms with E-state index < -0.39 is 26.2 Å². The van der Waals surface area contributed by atoms with Gasteiger partial charge >= 0.3 is 21.8 Å². The molecule has 0 aliphatic rings. The minimum atomic E-state index is -6.82. The van der Waals surface area contributed by atoms with Crippen LogP contribution in [0.3, 0.4) is 0 Å². The number of sulfonamides is 1. The van der Waals surface area contributed by atoms with E-state index >= 15 is 0 Å². The zero-order chi connectivity index (χ0) is 11.8. The molecule has 0 unspecified atom stereocenters. The zero-order valence-corrected chi connectivity index (χ0v) is 6.61. The van der Waals surface area contributed by atoms with E-state index in [1.54, 1.807) is 0 Å². The smallest absolute Gasteiger partial charge is 0.195 e. The second-order valence-electron chi connectivity index (χ2n) is 1.74. The Morgan fingerprint density at radius 2 is 1.36 bits per heavy atom. The van der Waals surface area contributed by atoms with Gasteiger partial charge in [0.05, 0.1) is 5.29 Å². The van der Waals surface area contributed by atoms with Crippen LogP contribution in [0.2, 0.25) is 0 Å². The van der Waals surface area contributed by atoms with Gasteiger partial charge in [0.1, 0.15) is 0 Å². The number of alkyl halides is 6. The molecule has 0 heterocycles. The van der Waals surface area contributed by atoms with Crippen molar-refractivity contribution in [2.24, 2.45) is 5.29 Å². The Labute approximate surface area is 72.3 Å². The Hall–Kier alpha value is -1.07. The Morgan fingerprint density at radius 3 is 1.43 bits per heavy atom. The van der Waals surface area contributed by atoms with Crippen LogP contribution in [0.4, 0.5) is 26.3 Å². The number of halogens is 6. The lowest BCUT2D eigenvalue weighted by Gasteiger charge is -2.18. The van der Waals surface area contributed by atoms with E-state index in [0.29, 0.717) is 0 Å². The molecule has 0 fully saturated rings. The third kappa shape index (κ3) is 2.24. The van der Waals surface area contributed by atoms with Crippen molar-refractivity contribution in [2.45, 2.75) is 11.8 Å². The lowest BCUT2D eigenvalue weighted by Crippen LogP contribution is -2.45. The van der Waals surface area contributed by atoms with E-state index in [4.69, 9.17) is 0 Å². The summed E-state index contributed by atoms with van der Waals surface area (Å²) in [4.78, 5) is 9.32. The first-order chi connectivity index (χ1) is 5.94. The molecule has 0 spiro atoms. The maximum absolute atomic E-state index is 11.5. The van der Waals surface area contributed by atoms with Crippen molar-refractivity contribution in [3.63, 3.8) is 0 Å². The molecule has 0 aromatic rings. The van der Waals surface area contributed by atoms with E-state index in [1.165, 1.54) is 0 Å². The minimum Gasteiger partial charge on any atom is -0.195 e. The van der Waals surface area contributed by atoms with Gasteiger partial charge in [0, 0.05) is 0 Å². The van der Waals surface area contributed by atoms with Crippen LogP contribution in [0.5, 0.6) is 0 Å². The highest BCUT2D eigenvalue weighted by Crippen LogP contribution is 2.34. The molecular formula is C2F6N2O3S. The van der Waals surface area contributed by atoms with Gasteiger partial charge in [0.2, 0.25) is 0 Å². The number of rotatable bonds is 2. The van der Waals surface area contributed by atoms with Gasteiger partial charge in [-0.15, -0.1) is 18.1 Å². The van der Waals surface area contributed by atoms with Gasteiger partial charge in [-0.05, 0) is 4.41 Å². The van der Waals surface area contributed by atoms with Crippen LogP contribution in [0.1, 0.15) is 0 Å². The van der Waals surface area contributed by atoms with Gasteiger partial charge in [-0.2, -0.15) is 21.6 Å². The number of nitroso groups, excluding NO2 is 1. The van der Waals surface area contributed by atoms with Gasteiger partial charge in [-0.25, -0.2) is 0 Å². The fourth-order valence-corrected chi connectivity index (χ4v) is 0.881. The van der Waals surface area contributed by atoms with Crippen molar-refractivity contribution in [2.75, 3.05) is 0 Å². The summed E-state index contributed by atoms with van der Waals surface area (Å²) in [5.74, 6) is 0. The Balaban J connectivity index is 5.39. The SMILES string of the molecule is O=NN(C(F)(F)F)S(=O)(=O)C(F)(F)F. The topological polar surface area (TPSA) is 66.8 Å². The maximum Gasteiger partial charge on any atom is 0.518 e. The van der Waals surface area contributed by atoms with Crippen LogP contribution in [0, 0.1) is 4.91 Å². The number of hydrogen-bond acceptors (Lipinski definition) is 4. The maximum atomic E-state index is 11.5. The molecule has 0 aromatic carbocycles. The molecule has 0 aliphatic heterocycles. The first-order valence-corrected chi connectivity index (χ1v) is 3.90. The molecular weight excluding hydrogens is 246 g/mol. The molecule has 0 N–H and O–H groups in total. The number of hydrogen-bond donors (Lipinski definition) is 0. The second kappa shape index (κ2) is 3.25. The Bertz CT molecular complexity index is 315. The molecule has 0 amide bonds. The fraction of sp³-hybridized carbons (Fsp3) is 1.00. The molecule has 0 saturated carbocycles. The molecule has 0 rings (SSSR count). The molecule has 0 bridgehead atoms. The largest absolute Gasteiger partial charge is 0.518 e. The van der Waals surface area contributed by atoms with Crippen LogP contribution in [0.25, 0.3) is 0 Å². The molecule has 0 radical (unpaired) electrons. The number of nitrogens with zero attached hydrogens (tertiary/aromatic N) is 2. The summed E-state index contributed by atoms with van der Waals surface area (Å²) in [5.41, 5.74) is -6.24. The van der Waals surface area contributed by atoms with Crippen LogP contribution in [-0.4, -0.2) is 24.6 Å². The van der Waals surface area contributed by atoms with E-state index in [9.17, 15) is 39.7 Å². The lowest BCUT2D eigenvalue weighted by molar-refractivity contribution is -0.215. The quantitative estimate of drug-likeness (QED) is 0.319.